The van der Waals surface area contributed by atoms with Crippen molar-refractivity contribution in [1.29, 1.82) is 0 Å². The van der Waals surface area contributed by atoms with Gasteiger partial charge in [-0.1, -0.05) is 51.1 Å². The van der Waals surface area contributed by atoms with E-state index in [0.717, 1.165) is 18.6 Å². The third-order valence-electron chi connectivity index (χ3n) is 4.66. The fourth-order valence-corrected chi connectivity index (χ4v) is 3.07. The van der Waals surface area contributed by atoms with Gasteiger partial charge in [-0.25, -0.2) is 0 Å². The van der Waals surface area contributed by atoms with Gasteiger partial charge in [0.1, 0.15) is 5.75 Å². The van der Waals surface area contributed by atoms with Crippen molar-refractivity contribution < 1.29 is 9.53 Å². The standard InChI is InChI=1S/C22H29NO2/c1-6-17-14-19(25-5)11-12-20(17)18-9-7-16(8-10-18)13-21(23-4)22(24)15(2)3/h7-12,14-15,21,23H,6,13H2,1-5H3. The molecule has 1 N–H and O–H groups in total. The van der Waals surface area contributed by atoms with E-state index >= 15 is 0 Å². The molecule has 3 nitrogen and oxygen atoms in total. The molecule has 0 saturated heterocycles. The fourth-order valence-electron chi connectivity index (χ4n) is 3.07. The summed E-state index contributed by atoms with van der Waals surface area (Å²) in [7, 11) is 3.55. The molecular weight excluding hydrogens is 310 g/mol. The molecule has 0 spiro atoms. The van der Waals surface area contributed by atoms with Gasteiger partial charge in [0, 0.05) is 5.92 Å². The molecule has 134 valence electrons. The van der Waals surface area contributed by atoms with Crippen LogP contribution in [0.5, 0.6) is 5.75 Å². The second-order valence-corrected chi connectivity index (χ2v) is 6.68. The number of aryl methyl sites for hydroxylation is 1. The number of methoxy groups -OCH3 is 1. The minimum Gasteiger partial charge on any atom is -0.497 e. The van der Waals surface area contributed by atoms with E-state index in [1.165, 1.54) is 22.3 Å². The van der Waals surface area contributed by atoms with Crippen molar-refractivity contribution in [3.8, 4) is 16.9 Å². The number of carbonyl (C=O) groups is 1. The number of rotatable bonds is 8. The van der Waals surface area contributed by atoms with Gasteiger partial charge in [0.05, 0.1) is 13.2 Å². The first-order chi connectivity index (χ1) is 12.0. The Bertz CT molecular complexity index is 704. The number of hydrogen-bond donors (Lipinski definition) is 1. The molecule has 1 atom stereocenters. The Morgan fingerprint density at radius 2 is 1.80 bits per heavy atom. The lowest BCUT2D eigenvalue weighted by Crippen LogP contribution is -2.38. The van der Waals surface area contributed by atoms with Crippen molar-refractivity contribution in [2.75, 3.05) is 14.2 Å². The highest BCUT2D eigenvalue weighted by molar-refractivity contribution is 5.86. The maximum absolute atomic E-state index is 12.2. The minimum absolute atomic E-state index is 0.0446. The lowest BCUT2D eigenvalue weighted by Gasteiger charge is -2.17. The molecule has 2 rings (SSSR count). The lowest BCUT2D eigenvalue weighted by molar-refractivity contribution is -0.123. The summed E-state index contributed by atoms with van der Waals surface area (Å²) in [5.74, 6) is 1.19. The van der Waals surface area contributed by atoms with Crippen LogP contribution < -0.4 is 10.1 Å². The average molecular weight is 339 g/mol. The van der Waals surface area contributed by atoms with Gasteiger partial charge in [0.25, 0.3) is 0 Å². The molecule has 0 heterocycles. The third-order valence-corrected chi connectivity index (χ3v) is 4.66. The molecule has 0 fully saturated rings. The van der Waals surface area contributed by atoms with Crippen LogP contribution in [0, 0.1) is 5.92 Å². The Labute approximate surface area is 151 Å². The predicted molar refractivity (Wildman–Crippen MR) is 104 cm³/mol. The second-order valence-electron chi connectivity index (χ2n) is 6.68. The molecule has 0 aliphatic heterocycles. The highest BCUT2D eigenvalue weighted by Crippen LogP contribution is 2.28. The van der Waals surface area contributed by atoms with Gasteiger partial charge >= 0.3 is 0 Å². The molecule has 0 radical (unpaired) electrons. The number of nitrogens with one attached hydrogen (secondary N) is 1. The molecule has 0 bridgehead atoms. The predicted octanol–water partition coefficient (Wildman–Crippen LogP) is 4.28. The maximum Gasteiger partial charge on any atom is 0.152 e. The van der Waals surface area contributed by atoms with Crippen LogP contribution in [-0.2, 0) is 17.6 Å². The van der Waals surface area contributed by atoms with Crippen LogP contribution in [-0.4, -0.2) is 26.0 Å². The fraction of sp³-hybridized carbons (Fsp3) is 0.409. The number of benzene rings is 2. The largest absolute Gasteiger partial charge is 0.497 e. The van der Waals surface area contributed by atoms with E-state index in [2.05, 4.69) is 48.6 Å². The van der Waals surface area contributed by atoms with E-state index in [1.807, 2.05) is 27.0 Å². The van der Waals surface area contributed by atoms with Gasteiger partial charge in [-0.15, -0.1) is 0 Å². The normalized spacial score (nSPS) is 12.2. The zero-order valence-corrected chi connectivity index (χ0v) is 15.9. The zero-order chi connectivity index (χ0) is 18.4. The first kappa shape index (κ1) is 19.2. The highest BCUT2D eigenvalue weighted by Gasteiger charge is 2.19. The van der Waals surface area contributed by atoms with Crippen molar-refractivity contribution in [2.45, 2.75) is 39.7 Å². The van der Waals surface area contributed by atoms with Crippen molar-refractivity contribution in [2.24, 2.45) is 5.92 Å². The van der Waals surface area contributed by atoms with Crippen molar-refractivity contribution in [1.82, 2.24) is 5.32 Å². The molecule has 0 aromatic heterocycles. The Morgan fingerprint density at radius 1 is 1.12 bits per heavy atom. The Morgan fingerprint density at radius 3 is 2.32 bits per heavy atom. The minimum atomic E-state index is -0.127. The Balaban J connectivity index is 2.21. The van der Waals surface area contributed by atoms with Crippen LogP contribution in [0.25, 0.3) is 11.1 Å². The van der Waals surface area contributed by atoms with E-state index < -0.39 is 0 Å². The smallest absolute Gasteiger partial charge is 0.152 e. The molecule has 25 heavy (non-hydrogen) atoms. The molecule has 0 amide bonds. The highest BCUT2D eigenvalue weighted by atomic mass is 16.5. The van der Waals surface area contributed by atoms with Crippen molar-refractivity contribution in [3.05, 3.63) is 53.6 Å². The van der Waals surface area contributed by atoms with Gasteiger partial charge in [-0.2, -0.15) is 0 Å². The summed E-state index contributed by atoms with van der Waals surface area (Å²) >= 11 is 0. The summed E-state index contributed by atoms with van der Waals surface area (Å²) in [6, 6.07) is 14.6. The van der Waals surface area contributed by atoms with E-state index in [0.29, 0.717) is 0 Å². The number of ketones is 1. The van der Waals surface area contributed by atoms with E-state index in [1.54, 1.807) is 7.11 Å². The molecule has 0 aliphatic carbocycles. The van der Waals surface area contributed by atoms with Crippen LogP contribution >= 0.6 is 0 Å². The molecule has 1 unspecified atom stereocenters. The molecule has 2 aromatic carbocycles. The molecular formula is C22H29NO2. The summed E-state index contributed by atoms with van der Waals surface area (Å²) in [5.41, 5.74) is 4.87. The van der Waals surface area contributed by atoms with Gasteiger partial charge in [0.2, 0.25) is 0 Å². The zero-order valence-electron chi connectivity index (χ0n) is 15.9. The summed E-state index contributed by atoms with van der Waals surface area (Å²) in [5, 5.41) is 3.15. The van der Waals surface area contributed by atoms with E-state index in [4.69, 9.17) is 4.74 Å². The molecule has 0 saturated carbocycles. The van der Waals surface area contributed by atoms with Crippen molar-refractivity contribution >= 4 is 5.78 Å². The summed E-state index contributed by atoms with van der Waals surface area (Å²) < 4.78 is 5.33. The van der Waals surface area contributed by atoms with Crippen LogP contribution in [0.2, 0.25) is 0 Å². The third kappa shape index (κ3) is 4.70. The first-order valence-electron chi connectivity index (χ1n) is 8.97. The number of Topliss-reactive ketones (excluding diaryl/α,β-unsaturated/α-hetero) is 1. The van der Waals surface area contributed by atoms with E-state index in [-0.39, 0.29) is 17.7 Å². The SMILES string of the molecule is CCc1cc(OC)ccc1-c1ccc(CC(NC)C(=O)C(C)C)cc1. The molecule has 3 heteroatoms. The van der Waals surface area contributed by atoms with Crippen LogP contribution in [0.1, 0.15) is 31.9 Å². The quantitative estimate of drug-likeness (QED) is 0.780. The summed E-state index contributed by atoms with van der Waals surface area (Å²) in [6.45, 7) is 6.05. The summed E-state index contributed by atoms with van der Waals surface area (Å²) in [4.78, 5) is 12.2. The van der Waals surface area contributed by atoms with Gasteiger partial charge in [-0.3, -0.25) is 4.79 Å². The molecule has 0 aliphatic rings. The van der Waals surface area contributed by atoms with Crippen molar-refractivity contribution in [3.63, 3.8) is 0 Å². The maximum atomic E-state index is 12.2. The number of likely N-dealkylation sites (N-methyl/N-ethyl adjacent to an activating group) is 1. The topological polar surface area (TPSA) is 38.3 Å². The molecule has 2 aromatic rings. The number of hydrogen-bond acceptors (Lipinski definition) is 3. The summed E-state index contributed by atoms with van der Waals surface area (Å²) in [6.07, 6.45) is 1.68. The van der Waals surface area contributed by atoms with Crippen LogP contribution in [0.3, 0.4) is 0 Å². The Hall–Kier alpha value is -2.13. The van der Waals surface area contributed by atoms with Gasteiger partial charge in [-0.05, 0) is 54.3 Å². The van der Waals surface area contributed by atoms with E-state index in [9.17, 15) is 4.79 Å². The number of ether oxygens (including phenoxy) is 1. The number of carbonyl (C=O) groups excluding carboxylic acids is 1. The monoisotopic (exact) mass is 339 g/mol. The van der Waals surface area contributed by atoms with Crippen LogP contribution in [0.4, 0.5) is 0 Å². The van der Waals surface area contributed by atoms with Gasteiger partial charge in [0.15, 0.2) is 5.78 Å². The lowest BCUT2D eigenvalue weighted by atomic mass is 9.93. The first-order valence-corrected chi connectivity index (χ1v) is 8.97. The second kappa shape index (κ2) is 8.82. The van der Waals surface area contributed by atoms with Crippen LogP contribution in [0.15, 0.2) is 42.5 Å². The van der Waals surface area contributed by atoms with Gasteiger partial charge < -0.3 is 10.1 Å². The average Bonchev–Trinajstić information content (AvgIpc) is 2.65. The Kier molecular flexibility index (Phi) is 6.77.